The quantitative estimate of drug-likeness (QED) is 0.638. The van der Waals surface area contributed by atoms with Crippen LogP contribution in [0.25, 0.3) is 0 Å². The monoisotopic (exact) mass is 245 g/mol. The van der Waals surface area contributed by atoms with Crippen molar-refractivity contribution in [2.24, 2.45) is 0 Å². The number of ketones is 1. The average molecular weight is 246 g/mol. The lowest BCUT2D eigenvalue weighted by atomic mass is 10.1. The smallest absolute Gasteiger partial charge is 0.165 e. The Morgan fingerprint density at radius 3 is 2.80 bits per heavy atom. The van der Waals surface area contributed by atoms with Gasteiger partial charge in [0.2, 0.25) is 0 Å². The summed E-state index contributed by atoms with van der Waals surface area (Å²) in [6.07, 6.45) is 0.438. The van der Waals surface area contributed by atoms with Gasteiger partial charge in [-0.2, -0.15) is 0 Å². The molecule has 0 aromatic heterocycles. The molecule has 0 bridgehead atoms. The van der Waals surface area contributed by atoms with E-state index in [4.69, 9.17) is 23.2 Å². The van der Waals surface area contributed by atoms with Gasteiger partial charge in [-0.1, -0.05) is 36.2 Å². The molecule has 0 spiro atoms. The Bertz CT molecular complexity index is 352. The highest BCUT2D eigenvalue weighted by atomic mass is 35.5. The Morgan fingerprint density at radius 2 is 2.13 bits per heavy atom. The fraction of sp³-hybridized carbons (Fsp3) is 0.364. The maximum absolute atomic E-state index is 11.7. The normalized spacial score (nSPS) is 10.3. The molecule has 0 atom stereocenters. The Hall–Kier alpha value is -0.570. The molecule has 0 aliphatic rings. The maximum Gasteiger partial charge on any atom is 0.165 e. The second-order valence-corrected chi connectivity index (χ2v) is 3.91. The van der Waals surface area contributed by atoms with Crippen LogP contribution < -0.4 is 5.32 Å². The number of rotatable bonds is 5. The molecule has 0 saturated carbocycles. The number of carbonyl (C=O) groups excluding carboxylic acids is 1. The molecule has 0 heterocycles. The summed E-state index contributed by atoms with van der Waals surface area (Å²) in [5.41, 5.74) is 0.502. The molecular weight excluding hydrogens is 233 g/mol. The van der Waals surface area contributed by atoms with E-state index in [2.05, 4.69) is 5.32 Å². The molecule has 1 aromatic carbocycles. The molecule has 0 radical (unpaired) electrons. The summed E-state index contributed by atoms with van der Waals surface area (Å²) in [5, 5.41) is 3.86. The van der Waals surface area contributed by atoms with E-state index in [1.165, 1.54) is 0 Å². The molecule has 0 fully saturated rings. The number of benzene rings is 1. The van der Waals surface area contributed by atoms with Crippen molar-refractivity contribution in [3.63, 3.8) is 0 Å². The van der Waals surface area contributed by atoms with Crippen molar-refractivity contribution in [2.75, 3.05) is 13.1 Å². The maximum atomic E-state index is 11.7. The summed E-state index contributed by atoms with van der Waals surface area (Å²) in [5.74, 6) is 0.0171. The SMILES string of the molecule is CCNCCC(=O)c1cccc(Cl)c1Cl. The van der Waals surface area contributed by atoms with Gasteiger partial charge in [-0.3, -0.25) is 4.79 Å². The number of hydrogen-bond donors (Lipinski definition) is 1. The van der Waals surface area contributed by atoms with Gasteiger partial charge in [0.25, 0.3) is 0 Å². The number of carbonyl (C=O) groups is 1. The van der Waals surface area contributed by atoms with Gasteiger partial charge in [-0.15, -0.1) is 0 Å². The van der Waals surface area contributed by atoms with E-state index in [1.807, 2.05) is 6.92 Å². The van der Waals surface area contributed by atoms with Gasteiger partial charge >= 0.3 is 0 Å². The van der Waals surface area contributed by atoms with E-state index < -0.39 is 0 Å². The summed E-state index contributed by atoms with van der Waals surface area (Å²) < 4.78 is 0. The zero-order valence-corrected chi connectivity index (χ0v) is 10.0. The summed E-state index contributed by atoms with van der Waals surface area (Å²) >= 11 is 11.7. The number of hydrogen-bond acceptors (Lipinski definition) is 2. The lowest BCUT2D eigenvalue weighted by Crippen LogP contribution is -2.17. The molecule has 0 unspecified atom stereocenters. The lowest BCUT2D eigenvalue weighted by Gasteiger charge is -2.05. The van der Waals surface area contributed by atoms with Crippen molar-refractivity contribution in [2.45, 2.75) is 13.3 Å². The van der Waals surface area contributed by atoms with Gasteiger partial charge < -0.3 is 5.32 Å². The van der Waals surface area contributed by atoms with Crippen LogP contribution in [0.4, 0.5) is 0 Å². The average Bonchev–Trinajstić information content (AvgIpc) is 2.22. The first-order valence-electron chi connectivity index (χ1n) is 4.84. The minimum absolute atomic E-state index is 0.0171. The van der Waals surface area contributed by atoms with Crippen molar-refractivity contribution in [1.82, 2.24) is 5.32 Å². The zero-order valence-electron chi connectivity index (χ0n) is 8.52. The van der Waals surface area contributed by atoms with E-state index in [9.17, 15) is 4.79 Å². The van der Waals surface area contributed by atoms with Gasteiger partial charge in [0.1, 0.15) is 0 Å². The highest BCUT2D eigenvalue weighted by Crippen LogP contribution is 2.26. The van der Waals surface area contributed by atoms with E-state index in [0.29, 0.717) is 28.6 Å². The summed E-state index contributed by atoms with van der Waals surface area (Å²) in [7, 11) is 0. The third-order valence-corrected chi connectivity index (χ3v) is 2.85. The van der Waals surface area contributed by atoms with Crippen LogP contribution in [0.2, 0.25) is 10.0 Å². The van der Waals surface area contributed by atoms with Crippen LogP contribution in [0.15, 0.2) is 18.2 Å². The Morgan fingerprint density at radius 1 is 1.40 bits per heavy atom. The van der Waals surface area contributed by atoms with Crippen LogP contribution in [0, 0.1) is 0 Å². The van der Waals surface area contributed by atoms with E-state index >= 15 is 0 Å². The molecule has 15 heavy (non-hydrogen) atoms. The Kier molecular flexibility index (Phi) is 5.09. The molecule has 1 rings (SSSR count). The van der Waals surface area contributed by atoms with Gasteiger partial charge in [0.15, 0.2) is 5.78 Å². The van der Waals surface area contributed by atoms with Crippen molar-refractivity contribution in [3.05, 3.63) is 33.8 Å². The van der Waals surface area contributed by atoms with Crippen LogP contribution in [-0.4, -0.2) is 18.9 Å². The Labute approximate surface area is 99.6 Å². The molecule has 1 aromatic rings. The van der Waals surface area contributed by atoms with Gasteiger partial charge in [0, 0.05) is 18.5 Å². The van der Waals surface area contributed by atoms with E-state index in [0.717, 1.165) is 6.54 Å². The first-order valence-corrected chi connectivity index (χ1v) is 5.60. The van der Waals surface area contributed by atoms with Crippen molar-refractivity contribution < 1.29 is 4.79 Å². The molecule has 0 saturated heterocycles. The summed E-state index contributed by atoms with van der Waals surface area (Å²) in [6, 6.07) is 5.10. The van der Waals surface area contributed by atoms with Gasteiger partial charge in [0.05, 0.1) is 10.0 Å². The topological polar surface area (TPSA) is 29.1 Å². The van der Waals surface area contributed by atoms with Crippen LogP contribution >= 0.6 is 23.2 Å². The Balaban J connectivity index is 2.69. The number of halogens is 2. The molecule has 1 N–H and O–H groups in total. The predicted molar refractivity (Wildman–Crippen MR) is 64.0 cm³/mol. The van der Waals surface area contributed by atoms with Crippen LogP contribution in [0.3, 0.4) is 0 Å². The lowest BCUT2D eigenvalue weighted by molar-refractivity contribution is 0.0983. The van der Waals surface area contributed by atoms with Gasteiger partial charge in [-0.05, 0) is 18.7 Å². The largest absolute Gasteiger partial charge is 0.317 e. The van der Waals surface area contributed by atoms with Gasteiger partial charge in [-0.25, -0.2) is 0 Å². The highest BCUT2D eigenvalue weighted by Gasteiger charge is 2.11. The predicted octanol–water partition coefficient (Wildman–Crippen LogP) is 3.18. The zero-order chi connectivity index (χ0) is 11.3. The fourth-order valence-electron chi connectivity index (χ4n) is 1.23. The third kappa shape index (κ3) is 3.49. The minimum Gasteiger partial charge on any atom is -0.317 e. The van der Waals surface area contributed by atoms with Crippen molar-refractivity contribution in [3.8, 4) is 0 Å². The molecule has 0 amide bonds. The van der Waals surface area contributed by atoms with E-state index in [-0.39, 0.29) is 5.78 Å². The molecule has 4 heteroatoms. The van der Waals surface area contributed by atoms with E-state index in [1.54, 1.807) is 18.2 Å². The molecule has 82 valence electrons. The number of Topliss-reactive ketones (excluding diaryl/α,β-unsaturated/α-hetero) is 1. The first kappa shape index (κ1) is 12.5. The standard InChI is InChI=1S/C11H13Cl2NO/c1-2-14-7-6-10(15)8-4-3-5-9(12)11(8)13/h3-5,14H,2,6-7H2,1H3. The highest BCUT2D eigenvalue weighted by molar-refractivity contribution is 6.43. The number of nitrogens with one attached hydrogen (secondary N) is 1. The van der Waals surface area contributed by atoms with Crippen molar-refractivity contribution >= 4 is 29.0 Å². The fourth-order valence-corrected chi connectivity index (χ4v) is 1.64. The minimum atomic E-state index is 0.0171. The molecular formula is C11H13Cl2NO. The molecule has 0 aliphatic heterocycles. The molecule has 0 aliphatic carbocycles. The van der Waals surface area contributed by atoms with Crippen LogP contribution in [0.1, 0.15) is 23.7 Å². The van der Waals surface area contributed by atoms with Crippen LogP contribution in [-0.2, 0) is 0 Å². The summed E-state index contributed by atoms with van der Waals surface area (Å²) in [6.45, 7) is 3.52. The second kappa shape index (κ2) is 6.11. The van der Waals surface area contributed by atoms with Crippen molar-refractivity contribution in [1.29, 1.82) is 0 Å². The van der Waals surface area contributed by atoms with Crippen LogP contribution in [0.5, 0.6) is 0 Å². The second-order valence-electron chi connectivity index (χ2n) is 3.13. The molecule has 2 nitrogen and oxygen atoms in total. The summed E-state index contributed by atoms with van der Waals surface area (Å²) in [4.78, 5) is 11.7. The first-order chi connectivity index (χ1) is 7.16. The third-order valence-electron chi connectivity index (χ3n) is 2.03.